The summed E-state index contributed by atoms with van der Waals surface area (Å²) >= 11 is 0. The summed E-state index contributed by atoms with van der Waals surface area (Å²) in [6.07, 6.45) is 7.28. The minimum atomic E-state index is -0.367. The quantitative estimate of drug-likeness (QED) is 0.739. The Morgan fingerprint density at radius 3 is 2.71 bits per heavy atom. The molecule has 1 aliphatic carbocycles. The number of allylic oxidation sites excluding steroid dienone is 2. The highest BCUT2D eigenvalue weighted by molar-refractivity contribution is 5.78. The first-order chi connectivity index (χ1) is 7.91. The van der Waals surface area contributed by atoms with E-state index >= 15 is 0 Å². The Kier molecular flexibility index (Phi) is 5.19. The maximum absolute atomic E-state index is 11.8. The number of carbonyl (C=O) groups excluding carboxylic acids is 1. The van der Waals surface area contributed by atoms with Gasteiger partial charge in [0.15, 0.2) is 0 Å². The summed E-state index contributed by atoms with van der Waals surface area (Å²) < 4.78 is 0. The molecule has 0 spiro atoms. The molecule has 0 heterocycles. The van der Waals surface area contributed by atoms with E-state index in [9.17, 15) is 9.90 Å². The molecule has 0 saturated heterocycles. The number of amides is 1. The van der Waals surface area contributed by atoms with Crippen LogP contribution in [0.15, 0.2) is 12.2 Å². The molecule has 3 nitrogen and oxygen atoms in total. The second-order valence-electron chi connectivity index (χ2n) is 5.94. The SMILES string of the molecule is CC(C)(C)C(O)CCNC(=O)C1CC=CCC1. The topological polar surface area (TPSA) is 49.3 Å². The standard InChI is InChI=1S/C14H25NO2/c1-14(2,3)12(16)9-10-15-13(17)11-7-5-4-6-8-11/h4-5,11-12,16H,6-10H2,1-3H3,(H,15,17). The molecule has 0 aromatic rings. The second kappa shape index (κ2) is 6.20. The van der Waals surface area contributed by atoms with Crippen LogP contribution in [0, 0.1) is 11.3 Å². The summed E-state index contributed by atoms with van der Waals surface area (Å²) in [5, 5.41) is 12.8. The molecule has 2 unspecified atom stereocenters. The Labute approximate surface area is 104 Å². The molecule has 98 valence electrons. The van der Waals surface area contributed by atoms with Crippen LogP contribution >= 0.6 is 0 Å². The highest BCUT2D eigenvalue weighted by Crippen LogP contribution is 2.21. The molecule has 0 aromatic carbocycles. The summed E-state index contributed by atoms with van der Waals surface area (Å²) in [5.41, 5.74) is -0.113. The summed E-state index contributed by atoms with van der Waals surface area (Å²) in [6, 6.07) is 0. The van der Waals surface area contributed by atoms with Crippen molar-refractivity contribution >= 4 is 5.91 Å². The lowest BCUT2D eigenvalue weighted by molar-refractivity contribution is -0.125. The number of aliphatic hydroxyl groups is 1. The molecule has 0 aliphatic heterocycles. The average Bonchev–Trinajstić information content (AvgIpc) is 2.28. The van der Waals surface area contributed by atoms with Gasteiger partial charge in [0.2, 0.25) is 5.91 Å². The van der Waals surface area contributed by atoms with Crippen molar-refractivity contribution in [3.8, 4) is 0 Å². The van der Waals surface area contributed by atoms with Crippen LogP contribution in [-0.4, -0.2) is 23.7 Å². The molecular formula is C14H25NO2. The van der Waals surface area contributed by atoms with Gasteiger partial charge in [0.1, 0.15) is 0 Å². The maximum atomic E-state index is 11.8. The monoisotopic (exact) mass is 239 g/mol. The Bertz CT molecular complexity index is 278. The van der Waals surface area contributed by atoms with Crippen LogP contribution in [0.4, 0.5) is 0 Å². The van der Waals surface area contributed by atoms with Crippen molar-refractivity contribution in [2.75, 3.05) is 6.54 Å². The molecule has 0 bridgehead atoms. The van der Waals surface area contributed by atoms with E-state index in [4.69, 9.17) is 0 Å². The van der Waals surface area contributed by atoms with Gasteiger partial charge in [0, 0.05) is 12.5 Å². The van der Waals surface area contributed by atoms with Crippen LogP contribution in [0.5, 0.6) is 0 Å². The fourth-order valence-electron chi connectivity index (χ4n) is 1.94. The molecule has 17 heavy (non-hydrogen) atoms. The molecule has 2 N–H and O–H groups in total. The van der Waals surface area contributed by atoms with Gasteiger partial charge in [-0.15, -0.1) is 0 Å². The van der Waals surface area contributed by atoms with Crippen molar-refractivity contribution in [2.24, 2.45) is 11.3 Å². The first-order valence-electron chi connectivity index (χ1n) is 6.52. The van der Waals surface area contributed by atoms with E-state index in [1.165, 1.54) is 0 Å². The van der Waals surface area contributed by atoms with E-state index < -0.39 is 0 Å². The fraction of sp³-hybridized carbons (Fsp3) is 0.786. The number of carbonyl (C=O) groups is 1. The van der Waals surface area contributed by atoms with Crippen molar-refractivity contribution in [3.05, 3.63) is 12.2 Å². The first-order valence-corrected chi connectivity index (χ1v) is 6.52. The largest absolute Gasteiger partial charge is 0.393 e. The van der Waals surface area contributed by atoms with E-state index in [0.717, 1.165) is 19.3 Å². The van der Waals surface area contributed by atoms with Crippen LogP contribution in [0.3, 0.4) is 0 Å². The van der Waals surface area contributed by atoms with Gasteiger partial charge in [-0.3, -0.25) is 4.79 Å². The van der Waals surface area contributed by atoms with Gasteiger partial charge in [0.25, 0.3) is 0 Å². The molecule has 0 aromatic heterocycles. The second-order valence-corrected chi connectivity index (χ2v) is 5.94. The number of hydrogen-bond acceptors (Lipinski definition) is 2. The molecule has 0 saturated carbocycles. The minimum absolute atomic E-state index is 0.113. The Balaban J connectivity index is 2.22. The number of rotatable bonds is 4. The van der Waals surface area contributed by atoms with Gasteiger partial charge < -0.3 is 10.4 Å². The van der Waals surface area contributed by atoms with E-state index in [1.807, 2.05) is 20.8 Å². The highest BCUT2D eigenvalue weighted by atomic mass is 16.3. The predicted molar refractivity (Wildman–Crippen MR) is 69.6 cm³/mol. The Morgan fingerprint density at radius 2 is 2.18 bits per heavy atom. The van der Waals surface area contributed by atoms with Gasteiger partial charge in [0.05, 0.1) is 6.10 Å². The third-order valence-electron chi connectivity index (χ3n) is 3.36. The van der Waals surface area contributed by atoms with E-state index in [0.29, 0.717) is 13.0 Å². The molecule has 1 amide bonds. The summed E-state index contributed by atoms with van der Waals surface area (Å²) in [6.45, 7) is 6.58. The molecule has 1 rings (SSSR count). The summed E-state index contributed by atoms with van der Waals surface area (Å²) in [4.78, 5) is 11.8. The van der Waals surface area contributed by atoms with E-state index in [-0.39, 0.29) is 23.3 Å². The molecule has 0 radical (unpaired) electrons. The lowest BCUT2D eigenvalue weighted by atomic mass is 9.87. The maximum Gasteiger partial charge on any atom is 0.223 e. The fourth-order valence-corrected chi connectivity index (χ4v) is 1.94. The Morgan fingerprint density at radius 1 is 1.47 bits per heavy atom. The predicted octanol–water partition coefficient (Wildman–Crippen LogP) is 2.26. The van der Waals surface area contributed by atoms with Gasteiger partial charge in [-0.2, -0.15) is 0 Å². The number of nitrogens with one attached hydrogen (secondary N) is 1. The molecule has 0 fully saturated rings. The van der Waals surface area contributed by atoms with Crippen LogP contribution in [0.1, 0.15) is 46.5 Å². The number of aliphatic hydroxyl groups excluding tert-OH is 1. The zero-order valence-corrected chi connectivity index (χ0v) is 11.2. The first kappa shape index (κ1) is 14.2. The smallest absolute Gasteiger partial charge is 0.223 e. The Hall–Kier alpha value is -0.830. The van der Waals surface area contributed by atoms with Crippen LogP contribution in [0.25, 0.3) is 0 Å². The zero-order valence-electron chi connectivity index (χ0n) is 11.2. The van der Waals surface area contributed by atoms with Crippen LogP contribution in [0.2, 0.25) is 0 Å². The lowest BCUT2D eigenvalue weighted by Gasteiger charge is -2.26. The summed E-state index contributed by atoms with van der Waals surface area (Å²) in [7, 11) is 0. The van der Waals surface area contributed by atoms with Gasteiger partial charge in [-0.1, -0.05) is 32.9 Å². The van der Waals surface area contributed by atoms with Crippen LogP contribution < -0.4 is 5.32 Å². The lowest BCUT2D eigenvalue weighted by Crippen LogP contribution is -2.35. The highest BCUT2D eigenvalue weighted by Gasteiger charge is 2.23. The zero-order chi connectivity index (χ0) is 12.9. The molecule has 3 heteroatoms. The summed E-state index contributed by atoms with van der Waals surface area (Å²) in [5.74, 6) is 0.266. The molecule has 2 atom stereocenters. The van der Waals surface area contributed by atoms with E-state index in [2.05, 4.69) is 17.5 Å². The molecule has 1 aliphatic rings. The van der Waals surface area contributed by atoms with E-state index in [1.54, 1.807) is 0 Å². The van der Waals surface area contributed by atoms with Crippen molar-refractivity contribution in [2.45, 2.75) is 52.6 Å². The van der Waals surface area contributed by atoms with Crippen molar-refractivity contribution < 1.29 is 9.90 Å². The minimum Gasteiger partial charge on any atom is -0.393 e. The van der Waals surface area contributed by atoms with Crippen molar-refractivity contribution in [1.29, 1.82) is 0 Å². The van der Waals surface area contributed by atoms with Gasteiger partial charge in [-0.25, -0.2) is 0 Å². The third kappa shape index (κ3) is 4.90. The number of hydrogen-bond donors (Lipinski definition) is 2. The van der Waals surface area contributed by atoms with Crippen molar-refractivity contribution in [1.82, 2.24) is 5.32 Å². The third-order valence-corrected chi connectivity index (χ3v) is 3.36. The average molecular weight is 239 g/mol. The van der Waals surface area contributed by atoms with Crippen LogP contribution in [-0.2, 0) is 4.79 Å². The van der Waals surface area contributed by atoms with Crippen molar-refractivity contribution in [3.63, 3.8) is 0 Å². The normalized spacial score (nSPS) is 22.2. The van der Waals surface area contributed by atoms with Gasteiger partial charge >= 0.3 is 0 Å². The molecular weight excluding hydrogens is 214 g/mol. The van der Waals surface area contributed by atoms with Gasteiger partial charge in [-0.05, 0) is 31.1 Å².